The third-order valence-corrected chi connectivity index (χ3v) is 6.54. The minimum Gasteiger partial charge on any atom is -0.465 e. The zero-order valence-corrected chi connectivity index (χ0v) is 19.3. The first-order valence-electron chi connectivity index (χ1n) is 10.5. The third-order valence-electron chi connectivity index (χ3n) is 5.39. The highest BCUT2D eigenvalue weighted by Crippen LogP contribution is 2.32. The zero-order chi connectivity index (χ0) is 24.5. The minimum atomic E-state index is -3.67. The van der Waals surface area contributed by atoms with Gasteiger partial charge in [0.15, 0.2) is 9.84 Å². The molecule has 1 aliphatic heterocycles. The van der Waals surface area contributed by atoms with Gasteiger partial charge in [-0.2, -0.15) is 0 Å². The maximum Gasteiger partial charge on any atom is 0.409 e. The first-order valence-corrected chi connectivity index (χ1v) is 12.3. The van der Waals surface area contributed by atoms with Gasteiger partial charge in [0.1, 0.15) is 5.82 Å². The van der Waals surface area contributed by atoms with Crippen LogP contribution in [0.4, 0.5) is 20.8 Å². The first kappa shape index (κ1) is 23.6. The summed E-state index contributed by atoms with van der Waals surface area (Å²) < 4.78 is 44.5. The van der Waals surface area contributed by atoms with E-state index in [1.807, 2.05) is 11.8 Å². The number of nitrogens with zero attached hydrogens (tertiary/aromatic N) is 3. The van der Waals surface area contributed by atoms with Crippen molar-refractivity contribution in [3.63, 3.8) is 0 Å². The van der Waals surface area contributed by atoms with E-state index in [1.165, 1.54) is 6.07 Å². The predicted molar refractivity (Wildman–Crippen MR) is 125 cm³/mol. The number of morpholine rings is 1. The number of hydrogen-bond acceptors (Lipinski definition) is 7. The highest BCUT2D eigenvalue weighted by Gasteiger charge is 2.24. The fourth-order valence-electron chi connectivity index (χ4n) is 3.75. The molecule has 2 aromatic carbocycles. The summed E-state index contributed by atoms with van der Waals surface area (Å²) in [7, 11) is -3.67. The van der Waals surface area contributed by atoms with Crippen molar-refractivity contribution in [1.29, 1.82) is 0 Å². The number of nitrogens with one attached hydrogen (secondary N) is 1. The second-order valence-electron chi connectivity index (χ2n) is 7.98. The molecule has 178 valence electrons. The fraction of sp³-hybridized carbons (Fsp3) is 0.261. The van der Waals surface area contributed by atoms with E-state index in [2.05, 4.69) is 15.3 Å². The topological polar surface area (TPSA) is 122 Å². The van der Waals surface area contributed by atoms with E-state index in [1.54, 1.807) is 30.3 Å². The Hall–Kier alpha value is -3.57. The molecule has 34 heavy (non-hydrogen) atoms. The summed E-state index contributed by atoms with van der Waals surface area (Å²) in [5.74, 6) is -0.229. The fourth-order valence-corrected chi connectivity index (χ4v) is 4.62. The summed E-state index contributed by atoms with van der Waals surface area (Å²) in [4.78, 5) is 22.1. The monoisotopic (exact) mass is 486 g/mol. The smallest absolute Gasteiger partial charge is 0.409 e. The van der Waals surface area contributed by atoms with Gasteiger partial charge in [-0.25, -0.2) is 27.6 Å². The first-order chi connectivity index (χ1) is 16.1. The Morgan fingerprint density at radius 3 is 2.50 bits per heavy atom. The van der Waals surface area contributed by atoms with Crippen LogP contribution in [0.3, 0.4) is 0 Å². The van der Waals surface area contributed by atoms with Crippen molar-refractivity contribution in [3.05, 3.63) is 54.3 Å². The Morgan fingerprint density at radius 1 is 1.15 bits per heavy atom. The van der Waals surface area contributed by atoms with Crippen LogP contribution in [0.1, 0.15) is 6.92 Å². The number of carboxylic acid groups (broad SMARTS) is 1. The highest BCUT2D eigenvalue weighted by molar-refractivity contribution is 7.90. The second kappa shape index (κ2) is 9.35. The average molecular weight is 487 g/mol. The van der Waals surface area contributed by atoms with Crippen molar-refractivity contribution >= 4 is 27.6 Å². The molecule has 4 rings (SSSR count). The molecule has 3 aromatic rings. The Kier molecular flexibility index (Phi) is 6.49. The molecule has 1 aliphatic rings. The summed E-state index contributed by atoms with van der Waals surface area (Å²) in [6, 6.07) is 11.6. The molecule has 1 atom stereocenters. The lowest BCUT2D eigenvalue weighted by molar-refractivity contribution is 0.0981. The maximum absolute atomic E-state index is 14.2. The predicted octanol–water partition coefficient (Wildman–Crippen LogP) is 3.67. The van der Waals surface area contributed by atoms with Crippen LogP contribution in [-0.4, -0.2) is 61.6 Å². The minimum absolute atomic E-state index is 0.0270. The molecule has 0 bridgehead atoms. The van der Waals surface area contributed by atoms with Gasteiger partial charge in [0, 0.05) is 29.6 Å². The molecule has 1 amide bonds. The van der Waals surface area contributed by atoms with Gasteiger partial charge >= 0.3 is 6.09 Å². The molecule has 1 aromatic heterocycles. The van der Waals surface area contributed by atoms with Crippen molar-refractivity contribution < 1.29 is 27.4 Å². The Labute approximate surface area is 196 Å². The van der Waals surface area contributed by atoms with Gasteiger partial charge in [-0.3, -0.25) is 5.32 Å². The molecule has 9 nitrogen and oxygen atoms in total. The van der Waals surface area contributed by atoms with Crippen molar-refractivity contribution in [2.75, 3.05) is 36.2 Å². The number of benzene rings is 2. The quantitative estimate of drug-likeness (QED) is 0.524. The lowest BCUT2D eigenvalue weighted by Gasteiger charge is -2.33. The van der Waals surface area contributed by atoms with Crippen LogP contribution >= 0.6 is 0 Å². The van der Waals surface area contributed by atoms with Crippen LogP contribution in [0.25, 0.3) is 22.5 Å². The van der Waals surface area contributed by atoms with Gasteiger partial charge < -0.3 is 14.7 Å². The van der Waals surface area contributed by atoms with E-state index in [4.69, 9.17) is 9.84 Å². The van der Waals surface area contributed by atoms with Crippen LogP contribution in [-0.2, 0) is 14.6 Å². The largest absolute Gasteiger partial charge is 0.465 e. The summed E-state index contributed by atoms with van der Waals surface area (Å²) in [6.07, 6.45) is -0.120. The number of anilines is 2. The molecule has 0 aliphatic carbocycles. The van der Waals surface area contributed by atoms with Crippen molar-refractivity contribution in [2.24, 2.45) is 0 Å². The van der Waals surface area contributed by atoms with E-state index in [0.717, 1.165) is 18.4 Å². The molecule has 0 spiro atoms. The Balaban J connectivity index is 1.89. The molecule has 2 N–H and O–H groups in total. The van der Waals surface area contributed by atoms with Crippen molar-refractivity contribution in [2.45, 2.75) is 17.9 Å². The maximum atomic E-state index is 14.2. The summed E-state index contributed by atoms with van der Waals surface area (Å²) in [5.41, 5.74) is 1.91. The van der Waals surface area contributed by atoms with Crippen LogP contribution < -0.4 is 10.2 Å². The lowest BCUT2D eigenvalue weighted by atomic mass is 10.1. The van der Waals surface area contributed by atoms with Crippen LogP contribution in [0.5, 0.6) is 0 Å². The number of halogens is 1. The normalized spacial score (nSPS) is 16.3. The zero-order valence-electron chi connectivity index (χ0n) is 18.5. The molecule has 0 radical (unpaired) electrons. The van der Waals surface area contributed by atoms with Crippen LogP contribution in [0, 0.1) is 5.82 Å². The molecule has 0 saturated carbocycles. The standard InChI is InChI=1S/C23H23FN4O5S/c1-14-13-33-10-9-28(14)22-26-19(15-3-6-17(7-4-15)25-23(29)30)12-20(27-22)18-11-16(24)5-8-21(18)34(2,31)32/h3-8,11-12,14,25H,9-10,13H2,1-2H3,(H,29,30). The van der Waals surface area contributed by atoms with Crippen molar-refractivity contribution in [1.82, 2.24) is 9.97 Å². The summed E-state index contributed by atoms with van der Waals surface area (Å²) >= 11 is 0. The number of hydrogen-bond donors (Lipinski definition) is 2. The molecule has 1 unspecified atom stereocenters. The molecular formula is C23H23FN4O5S. The second-order valence-corrected chi connectivity index (χ2v) is 9.96. The number of amides is 1. The Bertz CT molecular complexity index is 1330. The summed E-state index contributed by atoms with van der Waals surface area (Å²) in [5, 5.41) is 11.2. The van der Waals surface area contributed by atoms with Gasteiger partial charge in [-0.15, -0.1) is 0 Å². The van der Waals surface area contributed by atoms with E-state index in [0.29, 0.717) is 42.7 Å². The molecule has 1 saturated heterocycles. The van der Waals surface area contributed by atoms with Gasteiger partial charge in [-0.1, -0.05) is 12.1 Å². The van der Waals surface area contributed by atoms with E-state index >= 15 is 0 Å². The molecule has 2 heterocycles. The highest BCUT2D eigenvalue weighted by atomic mass is 32.2. The van der Waals surface area contributed by atoms with Crippen LogP contribution in [0.2, 0.25) is 0 Å². The van der Waals surface area contributed by atoms with E-state index in [9.17, 15) is 17.6 Å². The van der Waals surface area contributed by atoms with Crippen LogP contribution in [0.15, 0.2) is 53.4 Å². The average Bonchev–Trinajstić information content (AvgIpc) is 2.78. The van der Waals surface area contributed by atoms with Gasteiger partial charge in [0.25, 0.3) is 0 Å². The molecule has 1 fully saturated rings. The number of aromatic nitrogens is 2. The van der Waals surface area contributed by atoms with Gasteiger partial charge in [0.2, 0.25) is 5.95 Å². The summed E-state index contributed by atoms with van der Waals surface area (Å²) in [6.45, 7) is 3.46. The number of carbonyl (C=O) groups is 1. The van der Waals surface area contributed by atoms with Gasteiger partial charge in [-0.05, 0) is 43.3 Å². The van der Waals surface area contributed by atoms with Gasteiger partial charge in [0.05, 0.1) is 35.5 Å². The van der Waals surface area contributed by atoms with E-state index < -0.39 is 21.7 Å². The number of sulfone groups is 1. The third kappa shape index (κ3) is 5.15. The van der Waals surface area contributed by atoms with E-state index in [-0.39, 0.29) is 22.2 Å². The number of ether oxygens (including phenoxy) is 1. The lowest BCUT2D eigenvalue weighted by Crippen LogP contribution is -2.44. The molecular weight excluding hydrogens is 463 g/mol. The Morgan fingerprint density at radius 2 is 1.85 bits per heavy atom. The SMILES string of the molecule is CC1COCCN1c1nc(-c2ccc(NC(=O)O)cc2)cc(-c2cc(F)ccc2S(C)(=O)=O)n1. The number of rotatable bonds is 5. The van der Waals surface area contributed by atoms with Crippen molar-refractivity contribution in [3.8, 4) is 22.5 Å². The molecule has 11 heteroatoms.